The van der Waals surface area contributed by atoms with Crippen molar-refractivity contribution in [3.63, 3.8) is 0 Å². The van der Waals surface area contributed by atoms with Crippen molar-refractivity contribution in [3.05, 3.63) is 81.5 Å². The van der Waals surface area contributed by atoms with E-state index >= 15 is 4.39 Å². The van der Waals surface area contributed by atoms with Gasteiger partial charge in [0, 0.05) is 79.5 Å². The molecule has 7 nitrogen and oxygen atoms in total. The number of fused-ring (bicyclic) bond motifs is 4. The number of hydrogen-bond donors (Lipinski definition) is 2. The number of halogens is 2. The number of nitrogens with one attached hydrogen (secondary N) is 1. The van der Waals surface area contributed by atoms with Crippen LogP contribution in [0.3, 0.4) is 0 Å². The number of carboxylic acid groups (broad SMARTS) is 1. The fourth-order valence-corrected chi connectivity index (χ4v) is 4.63. The Hall–Kier alpha value is -4.27. The van der Waals surface area contributed by atoms with E-state index in [1.54, 1.807) is 50.4 Å². The first-order chi connectivity index (χ1) is 16.2. The number of aromatic carboxylic acids is 1. The predicted molar refractivity (Wildman–Crippen MR) is 126 cm³/mol. The summed E-state index contributed by atoms with van der Waals surface area (Å²) in [5, 5.41) is 12.2. The molecule has 1 aliphatic rings. The lowest BCUT2D eigenvalue weighted by Gasteiger charge is -2.22. The first-order valence-electron chi connectivity index (χ1n) is 10.5. The van der Waals surface area contributed by atoms with Gasteiger partial charge >= 0.3 is 5.97 Å². The van der Waals surface area contributed by atoms with Gasteiger partial charge in [0.2, 0.25) is 0 Å². The molecule has 0 unspecified atom stereocenters. The second-order valence-electron chi connectivity index (χ2n) is 8.31. The molecule has 34 heavy (non-hydrogen) atoms. The molecule has 3 aromatic heterocycles. The van der Waals surface area contributed by atoms with Crippen molar-refractivity contribution in [3.8, 4) is 22.3 Å². The van der Waals surface area contributed by atoms with Crippen LogP contribution in [-0.4, -0.2) is 41.6 Å². The van der Waals surface area contributed by atoms with Crippen molar-refractivity contribution in [1.82, 2.24) is 9.38 Å². The zero-order valence-corrected chi connectivity index (χ0v) is 18.6. The second kappa shape index (κ2) is 7.65. The highest BCUT2D eigenvalue weighted by atomic mass is 19.2. The van der Waals surface area contributed by atoms with Gasteiger partial charge in [-0.2, -0.15) is 0 Å². The van der Waals surface area contributed by atoms with E-state index in [1.165, 1.54) is 16.7 Å². The Morgan fingerprint density at radius 1 is 1.18 bits per heavy atom. The highest BCUT2D eigenvalue weighted by molar-refractivity contribution is 5.96. The largest absolute Gasteiger partial charge is 0.477 e. The smallest absolute Gasteiger partial charge is 0.341 e. The molecule has 5 rings (SSSR count). The summed E-state index contributed by atoms with van der Waals surface area (Å²) in [7, 11) is 5.24. The van der Waals surface area contributed by atoms with Gasteiger partial charge in [0.15, 0.2) is 11.6 Å². The highest BCUT2D eigenvalue weighted by Crippen LogP contribution is 2.49. The molecular formula is C25H20F2N4O3. The maximum Gasteiger partial charge on any atom is 0.341 e. The average molecular weight is 462 g/mol. The standard InChI is InChI=1S/C25H20F2N4O3/c1-28-18-9-17(26)22(27)20-15(18)8-19-21(20)23(30(2)3)16(10-29-19)12-4-5-13-6-7-14(25(33)34)24(32)31(13)11-12/h4-7,9-11,28H,8H2,1-3H3,(H,33,34). The Labute approximate surface area is 192 Å². The zero-order valence-electron chi connectivity index (χ0n) is 18.6. The first-order valence-corrected chi connectivity index (χ1v) is 10.5. The summed E-state index contributed by atoms with van der Waals surface area (Å²) in [4.78, 5) is 30.5. The fraction of sp³-hybridized carbons (Fsp3) is 0.160. The molecule has 1 aliphatic carbocycles. The SMILES string of the molecule is CNc1cc(F)c(F)c2c1Cc1ncc(-c3ccc4ccc(C(=O)O)c(=O)n4c3)c(N(C)C)c1-2. The molecule has 0 saturated carbocycles. The molecule has 9 heteroatoms. The van der Waals surface area contributed by atoms with E-state index in [-0.39, 0.29) is 11.1 Å². The van der Waals surface area contributed by atoms with E-state index in [2.05, 4.69) is 10.3 Å². The third-order valence-corrected chi connectivity index (χ3v) is 6.16. The number of hydrogen-bond acceptors (Lipinski definition) is 5. The number of anilines is 2. The van der Waals surface area contributed by atoms with Crippen LogP contribution in [0.1, 0.15) is 21.6 Å². The minimum Gasteiger partial charge on any atom is -0.477 e. The van der Waals surface area contributed by atoms with Crippen LogP contribution in [0.25, 0.3) is 27.8 Å². The number of rotatable bonds is 4. The van der Waals surface area contributed by atoms with E-state index in [4.69, 9.17) is 0 Å². The molecule has 0 fully saturated rings. The summed E-state index contributed by atoms with van der Waals surface area (Å²) < 4.78 is 30.8. The quantitative estimate of drug-likeness (QED) is 0.420. The predicted octanol–water partition coefficient (Wildman–Crippen LogP) is 4.02. The van der Waals surface area contributed by atoms with Gasteiger partial charge in [0.25, 0.3) is 5.56 Å². The van der Waals surface area contributed by atoms with E-state index in [1.807, 2.05) is 0 Å². The molecule has 4 aromatic rings. The molecule has 0 saturated heterocycles. The molecule has 2 N–H and O–H groups in total. The van der Waals surface area contributed by atoms with Crippen LogP contribution in [0.15, 0.2) is 47.5 Å². The molecule has 0 spiro atoms. The zero-order chi connectivity index (χ0) is 24.3. The Kier molecular flexibility index (Phi) is 4.85. The molecule has 0 aliphatic heterocycles. The topological polar surface area (TPSA) is 86.9 Å². The molecule has 0 bridgehead atoms. The average Bonchev–Trinajstić information content (AvgIpc) is 3.20. The van der Waals surface area contributed by atoms with Gasteiger partial charge in [-0.15, -0.1) is 0 Å². The van der Waals surface area contributed by atoms with E-state index in [0.29, 0.717) is 51.3 Å². The van der Waals surface area contributed by atoms with Gasteiger partial charge < -0.3 is 15.3 Å². The van der Waals surface area contributed by atoms with Gasteiger partial charge in [-0.05, 0) is 23.8 Å². The van der Waals surface area contributed by atoms with E-state index in [9.17, 15) is 19.1 Å². The maximum atomic E-state index is 15.1. The third kappa shape index (κ3) is 3.04. The normalized spacial score (nSPS) is 11.9. The minimum absolute atomic E-state index is 0.170. The number of benzene rings is 1. The lowest BCUT2D eigenvalue weighted by Crippen LogP contribution is -2.21. The first kappa shape index (κ1) is 21.6. The summed E-state index contributed by atoms with van der Waals surface area (Å²) in [6, 6.07) is 7.45. The molecule has 3 heterocycles. The van der Waals surface area contributed by atoms with E-state index < -0.39 is 23.2 Å². The highest BCUT2D eigenvalue weighted by Gasteiger charge is 2.32. The van der Waals surface area contributed by atoms with Crippen molar-refractivity contribution < 1.29 is 18.7 Å². The third-order valence-electron chi connectivity index (χ3n) is 6.16. The maximum absolute atomic E-state index is 15.1. The van der Waals surface area contributed by atoms with Gasteiger partial charge in [0.05, 0.1) is 11.4 Å². The van der Waals surface area contributed by atoms with Gasteiger partial charge in [-0.3, -0.25) is 14.2 Å². The minimum atomic E-state index is -1.31. The van der Waals surface area contributed by atoms with Gasteiger partial charge in [-0.25, -0.2) is 13.6 Å². The molecule has 172 valence electrons. The van der Waals surface area contributed by atoms with Gasteiger partial charge in [0.1, 0.15) is 5.56 Å². The van der Waals surface area contributed by atoms with Crippen LogP contribution in [0.2, 0.25) is 0 Å². The number of nitrogens with zero attached hydrogens (tertiary/aromatic N) is 3. The van der Waals surface area contributed by atoms with Crippen LogP contribution in [0.5, 0.6) is 0 Å². The van der Waals surface area contributed by atoms with E-state index in [0.717, 1.165) is 6.07 Å². The van der Waals surface area contributed by atoms with Crippen molar-refractivity contribution in [2.75, 3.05) is 31.4 Å². The van der Waals surface area contributed by atoms with Crippen LogP contribution in [-0.2, 0) is 6.42 Å². The number of carboxylic acids is 1. The monoisotopic (exact) mass is 462 g/mol. The summed E-state index contributed by atoms with van der Waals surface area (Å²) in [5.41, 5.74) is 3.73. The molecule has 1 aromatic carbocycles. The van der Waals surface area contributed by atoms with Gasteiger partial charge in [-0.1, -0.05) is 6.07 Å². The Morgan fingerprint density at radius 3 is 2.59 bits per heavy atom. The van der Waals surface area contributed by atoms with Crippen molar-refractivity contribution in [2.24, 2.45) is 0 Å². The number of carbonyl (C=O) groups is 1. The molecular weight excluding hydrogens is 442 g/mol. The Balaban J connectivity index is 1.81. The van der Waals surface area contributed by atoms with Crippen molar-refractivity contribution in [1.29, 1.82) is 0 Å². The molecule has 0 radical (unpaired) electrons. The lowest BCUT2D eigenvalue weighted by atomic mass is 9.97. The summed E-state index contributed by atoms with van der Waals surface area (Å²) in [6.07, 6.45) is 3.52. The van der Waals surface area contributed by atoms with Crippen LogP contribution in [0.4, 0.5) is 20.2 Å². The number of aromatic nitrogens is 2. The number of pyridine rings is 3. The Bertz CT molecular complexity index is 1580. The second-order valence-corrected chi connectivity index (χ2v) is 8.31. The van der Waals surface area contributed by atoms with Crippen LogP contribution in [0, 0.1) is 11.6 Å². The van der Waals surface area contributed by atoms with Crippen LogP contribution >= 0.6 is 0 Å². The molecule has 0 atom stereocenters. The van der Waals surface area contributed by atoms with Crippen LogP contribution < -0.4 is 15.8 Å². The summed E-state index contributed by atoms with van der Waals surface area (Å²) >= 11 is 0. The van der Waals surface area contributed by atoms with Crippen molar-refractivity contribution in [2.45, 2.75) is 6.42 Å². The lowest BCUT2D eigenvalue weighted by molar-refractivity contribution is 0.0694. The fourth-order valence-electron chi connectivity index (χ4n) is 4.63. The summed E-state index contributed by atoms with van der Waals surface area (Å²) in [6.45, 7) is 0. The Morgan fingerprint density at radius 2 is 1.91 bits per heavy atom. The molecule has 0 amide bonds. The summed E-state index contributed by atoms with van der Waals surface area (Å²) in [5.74, 6) is -3.20. The van der Waals surface area contributed by atoms with Crippen molar-refractivity contribution >= 4 is 22.9 Å².